The van der Waals surface area contributed by atoms with E-state index in [0.29, 0.717) is 12.0 Å². The normalized spacial score (nSPS) is 12.6. The minimum atomic E-state index is -0.184. The molecule has 0 saturated carbocycles. The van der Waals surface area contributed by atoms with Gasteiger partial charge in [-0.15, -0.1) is 0 Å². The zero-order valence-corrected chi connectivity index (χ0v) is 10.7. The molecule has 1 amide bonds. The standard InChI is InChI=1S/C14H18N2O2/c1-3-10(9-17)15-14(18)12-8-16(2)13-7-5-4-6-11(12)13/h4-8,10,17H,3,9H2,1-2H3,(H,15,18). The summed E-state index contributed by atoms with van der Waals surface area (Å²) in [4.78, 5) is 12.2. The van der Waals surface area contributed by atoms with E-state index in [1.165, 1.54) is 0 Å². The van der Waals surface area contributed by atoms with Crippen LogP contribution in [-0.4, -0.2) is 28.2 Å². The summed E-state index contributed by atoms with van der Waals surface area (Å²) in [5.74, 6) is -0.132. The second-order valence-electron chi connectivity index (χ2n) is 4.43. The number of fused-ring (bicyclic) bond motifs is 1. The average Bonchev–Trinajstić information content (AvgIpc) is 2.74. The van der Waals surface area contributed by atoms with Gasteiger partial charge in [0.05, 0.1) is 18.2 Å². The molecule has 2 aromatic rings. The van der Waals surface area contributed by atoms with Gasteiger partial charge in [0.1, 0.15) is 0 Å². The van der Waals surface area contributed by atoms with E-state index >= 15 is 0 Å². The van der Waals surface area contributed by atoms with Crippen molar-refractivity contribution in [1.29, 1.82) is 0 Å². The Balaban J connectivity index is 2.33. The molecule has 0 fully saturated rings. The maximum Gasteiger partial charge on any atom is 0.253 e. The number of aliphatic hydroxyl groups excluding tert-OH is 1. The summed E-state index contributed by atoms with van der Waals surface area (Å²) in [5.41, 5.74) is 1.68. The molecular weight excluding hydrogens is 228 g/mol. The van der Waals surface area contributed by atoms with E-state index in [-0.39, 0.29) is 18.6 Å². The number of para-hydroxylation sites is 1. The third kappa shape index (κ3) is 2.24. The first kappa shape index (κ1) is 12.6. The summed E-state index contributed by atoms with van der Waals surface area (Å²) in [6, 6.07) is 7.60. The second kappa shape index (κ2) is 5.23. The molecule has 4 nitrogen and oxygen atoms in total. The molecule has 0 saturated heterocycles. The van der Waals surface area contributed by atoms with Crippen LogP contribution in [0.5, 0.6) is 0 Å². The predicted octanol–water partition coefficient (Wildman–Crippen LogP) is 1.68. The number of nitrogens with one attached hydrogen (secondary N) is 1. The molecule has 1 atom stereocenters. The molecule has 2 N–H and O–H groups in total. The van der Waals surface area contributed by atoms with Crippen LogP contribution < -0.4 is 5.32 Å². The van der Waals surface area contributed by atoms with Crippen molar-refractivity contribution in [2.24, 2.45) is 7.05 Å². The molecule has 0 aliphatic heterocycles. The van der Waals surface area contributed by atoms with Crippen LogP contribution in [0.4, 0.5) is 0 Å². The summed E-state index contributed by atoms with van der Waals surface area (Å²) in [6.45, 7) is 1.90. The Bertz CT molecular complexity index is 556. The fraction of sp³-hybridized carbons (Fsp3) is 0.357. The van der Waals surface area contributed by atoms with Gasteiger partial charge in [-0.2, -0.15) is 0 Å². The van der Waals surface area contributed by atoms with E-state index in [9.17, 15) is 4.79 Å². The Morgan fingerprint density at radius 3 is 2.83 bits per heavy atom. The summed E-state index contributed by atoms with van der Waals surface area (Å²) in [7, 11) is 1.92. The van der Waals surface area contributed by atoms with Crippen molar-refractivity contribution in [2.45, 2.75) is 19.4 Å². The molecule has 18 heavy (non-hydrogen) atoms. The van der Waals surface area contributed by atoms with Crippen LogP contribution in [0.1, 0.15) is 23.7 Å². The van der Waals surface area contributed by atoms with Crippen molar-refractivity contribution >= 4 is 16.8 Å². The molecule has 1 aromatic carbocycles. The van der Waals surface area contributed by atoms with Crippen LogP contribution in [0.25, 0.3) is 10.9 Å². The van der Waals surface area contributed by atoms with Crippen LogP contribution >= 0.6 is 0 Å². The van der Waals surface area contributed by atoms with E-state index in [2.05, 4.69) is 5.32 Å². The van der Waals surface area contributed by atoms with Gasteiger partial charge >= 0.3 is 0 Å². The van der Waals surface area contributed by atoms with Gasteiger partial charge in [0.25, 0.3) is 5.91 Å². The molecule has 0 spiro atoms. The lowest BCUT2D eigenvalue weighted by Crippen LogP contribution is -2.36. The largest absolute Gasteiger partial charge is 0.394 e. The van der Waals surface area contributed by atoms with Gasteiger partial charge in [-0.25, -0.2) is 0 Å². The van der Waals surface area contributed by atoms with E-state index in [1.54, 1.807) is 0 Å². The van der Waals surface area contributed by atoms with Gasteiger partial charge in [0.2, 0.25) is 0 Å². The highest BCUT2D eigenvalue weighted by molar-refractivity contribution is 6.07. The third-order valence-corrected chi connectivity index (χ3v) is 3.19. The summed E-state index contributed by atoms with van der Waals surface area (Å²) < 4.78 is 1.93. The van der Waals surface area contributed by atoms with Crippen LogP contribution in [-0.2, 0) is 7.05 Å². The Kier molecular flexibility index (Phi) is 3.67. The van der Waals surface area contributed by atoms with Crippen molar-refractivity contribution in [3.05, 3.63) is 36.0 Å². The number of nitrogens with zero attached hydrogens (tertiary/aromatic N) is 1. The number of aromatic nitrogens is 1. The highest BCUT2D eigenvalue weighted by Gasteiger charge is 2.16. The Morgan fingerprint density at radius 2 is 2.17 bits per heavy atom. The molecule has 1 aromatic heterocycles. The number of carbonyl (C=O) groups excluding carboxylic acids is 1. The Labute approximate surface area is 106 Å². The molecular formula is C14H18N2O2. The first-order chi connectivity index (χ1) is 8.67. The molecule has 0 radical (unpaired) electrons. The first-order valence-electron chi connectivity index (χ1n) is 6.13. The molecule has 2 rings (SSSR count). The first-order valence-corrected chi connectivity index (χ1v) is 6.13. The zero-order chi connectivity index (χ0) is 13.1. The SMILES string of the molecule is CCC(CO)NC(=O)c1cn(C)c2ccccc12. The third-order valence-electron chi connectivity index (χ3n) is 3.19. The molecule has 4 heteroatoms. The monoisotopic (exact) mass is 246 g/mol. The second-order valence-corrected chi connectivity index (χ2v) is 4.43. The number of amides is 1. The van der Waals surface area contributed by atoms with E-state index in [4.69, 9.17) is 5.11 Å². The van der Waals surface area contributed by atoms with Gasteiger partial charge in [-0.05, 0) is 12.5 Å². The number of carbonyl (C=O) groups is 1. The van der Waals surface area contributed by atoms with Crippen molar-refractivity contribution in [3.63, 3.8) is 0 Å². The number of aryl methyl sites for hydroxylation is 1. The summed E-state index contributed by atoms with van der Waals surface area (Å²) in [6.07, 6.45) is 2.54. The number of rotatable bonds is 4. The quantitative estimate of drug-likeness (QED) is 0.862. The van der Waals surface area contributed by atoms with E-state index in [1.807, 2.05) is 49.0 Å². The smallest absolute Gasteiger partial charge is 0.253 e. The molecule has 0 aliphatic carbocycles. The maximum atomic E-state index is 12.2. The minimum Gasteiger partial charge on any atom is -0.394 e. The number of aliphatic hydroxyl groups is 1. The zero-order valence-electron chi connectivity index (χ0n) is 10.7. The average molecular weight is 246 g/mol. The minimum absolute atomic E-state index is 0.0347. The van der Waals surface area contributed by atoms with Gasteiger partial charge in [-0.1, -0.05) is 25.1 Å². The van der Waals surface area contributed by atoms with Crippen LogP contribution in [0.15, 0.2) is 30.5 Å². The number of benzene rings is 1. The fourth-order valence-electron chi connectivity index (χ4n) is 2.06. The molecule has 1 heterocycles. The lowest BCUT2D eigenvalue weighted by molar-refractivity contribution is 0.0916. The predicted molar refractivity (Wildman–Crippen MR) is 71.6 cm³/mol. The highest BCUT2D eigenvalue weighted by Crippen LogP contribution is 2.20. The lowest BCUT2D eigenvalue weighted by Gasteiger charge is -2.13. The lowest BCUT2D eigenvalue weighted by atomic mass is 10.1. The number of hydrogen-bond donors (Lipinski definition) is 2. The van der Waals surface area contributed by atoms with Gasteiger partial charge < -0.3 is 15.0 Å². The van der Waals surface area contributed by atoms with E-state index < -0.39 is 0 Å². The van der Waals surface area contributed by atoms with Crippen molar-refractivity contribution < 1.29 is 9.90 Å². The topological polar surface area (TPSA) is 54.3 Å². The van der Waals surface area contributed by atoms with Crippen LogP contribution in [0.2, 0.25) is 0 Å². The van der Waals surface area contributed by atoms with Crippen molar-refractivity contribution in [3.8, 4) is 0 Å². The molecule has 0 bridgehead atoms. The van der Waals surface area contributed by atoms with Crippen molar-refractivity contribution in [1.82, 2.24) is 9.88 Å². The molecule has 1 unspecified atom stereocenters. The summed E-state index contributed by atoms with van der Waals surface area (Å²) in [5, 5.41) is 12.9. The van der Waals surface area contributed by atoms with Crippen molar-refractivity contribution in [2.75, 3.05) is 6.61 Å². The molecule has 96 valence electrons. The van der Waals surface area contributed by atoms with Crippen LogP contribution in [0.3, 0.4) is 0 Å². The summed E-state index contributed by atoms with van der Waals surface area (Å²) >= 11 is 0. The maximum absolute atomic E-state index is 12.2. The van der Waals surface area contributed by atoms with Crippen LogP contribution in [0, 0.1) is 0 Å². The Morgan fingerprint density at radius 1 is 1.44 bits per heavy atom. The van der Waals surface area contributed by atoms with Gasteiger partial charge in [-0.3, -0.25) is 4.79 Å². The number of hydrogen-bond acceptors (Lipinski definition) is 2. The highest BCUT2D eigenvalue weighted by atomic mass is 16.3. The van der Waals surface area contributed by atoms with Gasteiger partial charge in [0.15, 0.2) is 0 Å². The van der Waals surface area contributed by atoms with E-state index in [0.717, 1.165) is 10.9 Å². The van der Waals surface area contributed by atoms with Gasteiger partial charge in [0, 0.05) is 24.1 Å². The Hall–Kier alpha value is -1.81. The fourth-order valence-corrected chi connectivity index (χ4v) is 2.06. The molecule has 0 aliphatic rings.